The summed E-state index contributed by atoms with van der Waals surface area (Å²) >= 11 is 0. The summed E-state index contributed by atoms with van der Waals surface area (Å²) < 4.78 is 0. The van der Waals surface area contributed by atoms with Crippen LogP contribution in [0.4, 0.5) is 10.6 Å². The average molecular weight is 471 g/mol. The Kier molecular flexibility index (Phi) is 5.58. The molecule has 5 fully saturated rings. The molecule has 3 N–H and O–H groups in total. The summed E-state index contributed by atoms with van der Waals surface area (Å²) in [4.78, 5) is 32.8. The summed E-state index contributed by atoms with van der Waals surface area (Å²) in [6, 6.07) is 3.46. The van der Waals surface area contributed by atoms with Crippen LogP contribution in [0.25, 0.3) is 0 Å². The Morgan fingerprint density at radius 3 is 2.38 bits per heavy atom. The minimum atomic E-state index is -0.860. The van der Waals surface area contributed by atoms with E-state index in [9.17, 15) is 19.8 Å². The number of likely N-dealkylation sites (tertiary alicyclic amines) is 1. The van der Waals surface area contributed by atoms with E-state index in [-0.39, 0.29) is 29.4 Å². The van der Waals surface area contributed by atoms with Crippen molar-refractivity contribution in [1.82, 2.24) is 14.8 Å². The molecule has 4 aliphatic carbocycles. The van der Waals surface area contributed by atoms with Gasteiger partial charge in [-0.25, -0.2) is 9.78 Å². The van der Waals surface area contributed by atoms with Crippen LogP contribution < -0.4 is 5.32 Å². The van der Waals surface area contributed by atoms with E-state index in [0.29, 0.717) is 35.7 Å². The van der Waals surface area contributed by atoms with Crippen LogP contribution in [0.1, 0.15) is 69.7 Å². The molecule has 5 aliphatic rings. The van der Waals surface area contributed by atoms with Crippen molar-refractivity contribution in [2.45, 2.75) is 82.5 Å². The highest BCUT2D eigenvalue weighted by Crippen LogP contribution is 2.60. The molecule has 2 amide bonds. The van der Waals surface area contributed by atoms with Crippen molar-refractivity contribution in [2.75, 3.05) is 18.9 Å². The van der Waals surface area contributed by atoms with E-state index in [1.165, 1.54) is 0 Å². The molecule has 0 spiro atoms. The van der Waals surface area contributed by atoms with Crippen LogP contribution in [-0.4, -0.2) is 73.8 Å². The van der Waals surface area contributed by atoms with E-state index < -0.39 is 11.7 Å². The van der Waals surface area contributed by atoms with Gasteiger partial charge < -0.3 is 25.3 Å². The molecule has 5 unspecified atom stereocenters. The van der Waals surface area contributed by atoms with Crippen molar-refractivity contribution in [2.24, 2.45) is 23.7 Å². The number of carboxylic acid groups (broad SMARTS) is 1. The van der Waals surface area contributed by atoms with Crippen molar-refractivity contribution in [3.05, 3.63) is 23.9 Å². The zero-order valence-electron chi connectivity index (χ0n) is 20.7. The number of rotatable bonds is 4. The molecule has 34 heavy (non-hydrogen) atoms. The number of aliphatic hydroxyl groups is 1. The van der Waals surface area contributed by atoms with E-state index >= 15 is 0 Å². The monoisotopic (exact) mass is 470 g/mol. The van der Waals surface area contributed by atoms with Gasteiger partial charge in [-0.1, -0.05) is 0 Å². The molecular weight excluding hydrogens is 432 g/mol. The fraction of sp³-hybridized carbons (Fsp3) is 0.731. The molecule has 8 nitrogen and oxygen atoms in total. The first-order chi connectivity index (χ1) is 15.9. The number of carbonyl (C=O) groups is 2. The minimum absolute atomic E-state index is 0.0282. The van der Waals surface area contributed by atoms with Crippen LogP contribution in [0.3, 0.4) is 0 Å². The number of anilines is 1. The minimum Gasteiger partial charge on any atom is -0.465 e. The third-order valence-electron chi connectivity index (χ3n) is 9.06. The highest BCUT2D eigenvalue weighted by Gasteiger charge is 2.59. The van der Waals surface area contributed by atoms with E-state index in [1.54, 1.807) is 29.1 Å². The number of hydrogen-bond donors (Lipinski definition) is 3. The maximum absolute atomic E-state index is 12.8. The normalized spacial score (nSPS) is 36.6. The standard InChI is InChI=1S/C26H38N4O4/c1-25(2,3)29(4)23(31)16-5-6-20(27-14-16)28-19-7-8-30(24(32)33)22(19)21-17-9-15-10-18(21)13-26(34,11-15)12-17/h5-6,14-15,17-19,21-22,34H,7-13H2,1-4H3,(H,27,28)(H,32,33)/t15?,17-,18+,19?,21?,22?,26?. The molecule has 0 aromatic carbocycles. The van der Waals surface area contributed by atoms with Gasteiger partial charge in [-0.3, -0.25) is 4.79 Å². The van der Waals surface area contributed by atoms with E-state index in [1.807, 2.05) is 26.8 Å². The largest absolute Gasteiger partial charge is 0.465 e. The quantitative estimate of drug-likeness (QED) is 0.620. The summed E-state index contributed by atoms with van der Waals surface area (Å²) in [6.45, 7) is 6.48. The Hall–Kier alpha value is -2.35. The summed E-state index contributed by atoms with van der Waals surface area (Å²) in [5.74, 6) is 2.21. The zero-order chi connectivity index (χ0) is 24.4. The first-order valence-corrected chi connectivity index (χ1v) is 12.7. The fourth-order valence-electron chi connectivity index (χ4n) is 7.54. The number of hydrogen-bond acceptors (Lipinski definition) is 5. The van der Waals surface area contributed by atoms with Gasteiger partial charge in [-0.05, 0) is 95.1 Å². The SMILES string of the molecule is CN(C(=O)c1ccc(NC2CCN(C(=O)O)C2C2[C@@H]3CC4C[C@H]2CC(O)(C4)C3)nc1)C(C)(C)C. The second-order valence-corrected chi connectivity index (χ2v) is 12.2. The lowest BCUT2D eigenvalue weighted by Gasteiger charge is -2.60. The van der Waals surface area contributed by atoms with Crippen LogP contribution >= 0.6 is 0 Å². The van der Waals surface area contributed by atoms with Gasteiger partial charge in [0, 0.05) is 25.3 Å². The molecule has 1 saturated heterocycles. The molecule has 4 saturated carbocycles. The van der Waals surface area contributed by atoms with Gasteiger partial charge in [-0.15, -0.1) is 0 Å². The van der Waals surface area contributed by atoms with Crippen molar-refractivity contribution >= 4 is 17.8 Å². The Morgan fingerprint density at radius 2 is 1.85 bits per heavy atom. The van der Waals surface area contributed by atoms with E-state index in [2.05, 4.69) is 10.3 Å². The average Bonchev–Trinajstić information content (AvgIpc) is 3.14. The maximum atomic E-state index is 12.8. The van der Waals surface area contributed by atoms with Gasteiger partial charge in [-0.2, -0.15) is 0 Å². The highest BCUT2D eigenvalue weighted by molar-refractivity contribution is 5.94. The summed E-state index contributed by atoms with van der Waals surface area (Å²) in [5, 5.41) is 24.5. The third kappa shape index (κ3) is 4.04. The highest BCUT2D eigenvalue weighted by atomic mass is 16.4. The van der Waals surface area contributed by atoms with Gasteiger partial charge in [0.1, 0.15) is 5.82 Å². The van der Waals surface area contributed by atoms with Gasteiger partial charge in [0.15, 0.2) is 0 Å². The van der Waals surface area contributed by atoms with Gasteiger partial charge in [0.05, 0.1) is 23.2 Å². The molecule has 1 aliphatic heterocycles. The molecule has 0 radical (unpaired) electrons. The third-order valence-corrected chi connectivity index (χ3v) is 9.06. The second-order valence-electron chi connectivity index (χ2n) is 12.2. The van der Waals surface area contributed by atoms with Crippen LogP contribution in [0.2, 0.25) is 0 Å². The van der Waals surface area contributed by atoms with Crippen molar-refractivity contribution in [3.8, 4) is 0 Å². The Balaban J connectivity index is 1.34. The molecule has 186 valence electrons. The number of nitrogens with one attached hydrogen (secondary N) is 1. The zero-order valence-corrected chi connectivity index (χ0v) is 20.7. The van der Waals surface area contributed by atoms with E-state index in [4.69, 9.17) is 0 Å². The van der Waals surface area contributed by atoms with Crippen LogP contribution in [-0.2, 0) is 0 Å². The number of pyridine rings is 1. The number of amides is 2. The number of carbonyl (C=O) groups excluding carboxylic acids is 1. The summed E-state index contributed by atoms with van der Waals surface area (Å²) in [7, 11) is 1.79. The topological polar surface area (TPSA) is 106 Å². The molecule has 6 rings (SSSR count). The van der Waals surface area contributed by atoms with Crippen LogP contribution in [0.5, 0.6) is 0 Å². The van der Waals surface area contributed by atoms with Crippen LogP contribution in [0, 0.1) is 23.7 Å². The predicted molar refractivity (Wildman–Crippen MR) is 129 cm³/mol. The molecule has 2 heterocycles. The lowest BCUT2D eigenvalue weighted by Crippen LogP contribution is -2.61. The first kappa shape index (κ1) is 23.4. The first-order valence-electron chi connectivity index (χ1n) is 12.7. The van der Waals surface area contributed by atoms with Crippen molar-refractivity contribution in [1.29, 1.82) is 0 Å². The summed E-state index contributed by atoms with van der Waals surface area (Å²) in [5.41, 5.74) is -0.281. The number of aromatic nitrogens is 1. The van der Waals surface area contributed by atoms with Crippen molar-refractivity contribution in [3.63, 3.8) is 0 Å². The predicted octanol–water partition coefficient (Wildman–Crippen LogP) is 3.67. The molecule has 4 bridgehead atoms. The van der Waals surface area contributed by atoms with Gasteiger partial charge in [0.25, 0.3) is 5.91 Å². The smallest absolute Gasteiger partial charge is 0.407 e. The Bertz CT molecular complexity index is 943. The Labute approximate surface area is 201 Å². The molecule has 7 atom stereocenters. The van der Waals surface area contributed by atoms with Gasteiger partial charge >= 0.3 is 6.09 Å². The molecule has 8 heteroatoms. The molecule has 1 aromatic heterocycles. The summed E-state index contributed by atoms with van der Waals surface area (Å²) in [6.07, 6.45) is 6.21. The Morgan fingerprint density at radius 1 is 1.18 bits per heavy atom. The van der Waals surface area contributed by atoms with Gasteiger partial charge in [0.2, 0.25) is 0 Å². The lowest BCUT2D eigenvalue weighted by molar-refractivity contribution is -0.162. The maximum Gasteiger partial charge on any atom is 0.407 e. The molecular formula is C26H38N4O4. The van der Waals surface area contributed by atoms with Crippen molar-refractivity contribution < 1.29 is 19.8 Å². The lowest BCUT2D eigenvalue weighted by atomic mass is 9.48. The number of nitrogens with zero attached hydrogens (tertiary/aromatic N) is 3. The second kappa shape index (κ2) is 8.11. The molecule has 1 aromatic rings. The fourth-order valence-corrected chi connectivity index (χ4v) is 7.54. The van der Waals surface area contributed by atoms with Crippen LogP contribution in [0.15, 0.2) is 18.3 Å². The van der Waals surface area contributed by atoms with E-state index in [0.717, 1.165) is 38.5 Å².